The lowest BCUT2D eigenvalue weighted by molar-refractivity contribution is -0.148. The Bertz CT molecular complexity index is 738. The van der Waals surface area contributed by atoms with Crippen LogP contribution in [-0.2, 0) is 20.8 Å². The van der Waals surface area contributed by atoms with Gasteiger partial charge in [0.25, 0.3) is 0 Å². The van der Waals surface area contributed by atoms with Crippen molar-refractivity contribution >= 4 is 23.5 Å². The Morgan fingerprint density at radius 3 is 2.61 bits per heavy atom. The summed E-state index contributed by atoms with van der Waals surface area (Å²) in [6, 6.07) is 5.55. The molecule has 2 amide bonds. The summed E-state index contributed by atoms with van der Waals surface area (Å²) in [5, 5.41) is 15.2. The largest absolute Gasteiger partial charge is 0.494 e. The number of aryl methyl sites for hydroxylation is 1. The van der Waals surface area contributed by atoms with E-state index < -0.39 is 11.5 Å². The summed E-state index contributed by atoms with van der Waals surface area (Å²) >= 11 is 0. The SMILES string of the molecule is O=C1CCc2cc(OCCCC(=O)NC3(C(=O)O)CCCCCC3)ccc2N1. The summed E-state index contributed by atoms with van der Waals surface area (Å²) < 4.78 is 5.72. The van der Waals surface area contributed by atoms with E-state index in [0.29, 0.717) is 44.5 Å². The first-order valence-electron chi connectivity index (χ1n) is 10.1. The van der Waals surface area contributed by atoms with Crippen LogP contribution in [0.25, 0.3) is 0 Å². The van der Waals surface area contributed by atoms with E-state index in [-0.39, 0.29) is 18.2 Å². The first-order chi connectivity index (χ1) is 13.5. The Hall–Kier alpha value is -2.57. The second-order valence-electron chi connectivity index (χ2n) is 7.67. The van der Waals surface area contributed by atoms with E-state index >= 15 is 0 Å². The number of hydrogen-bond acceptors (Lipinski definition) is 4. The average Bonchev–Trinajstić information content (AvgIpc) is 2.92. The molecular formula is C21H28N2O5. The van der Waals surface area contributed by atoms with Crippen molar-refractivity contribution in [2.24, 2.45) is 0 Å². The van der Waals surface area contributed by atoms with Gasteiger partial charge in [-0.1, -0.05) is 25.7 Å². The van der Waals surface area contributed by atoms with Crippen LogP contribution in [0.1, 0.15) is 63.4 Å². The van der Waals surface area contributed by atoms with Crippen LogP contribution in [0, 0.1) is 0 Å². The minimum absolute atomic E-state index is 0.0278. The zero-order valence-corrected chi connectivity index (χ0v) is 16.1. The summed E-state index contributed by atoms with van der Waals surface area (Å²) in [6.07, 6.45) is 6.59. The van der Waals surface area contributed by atoms with Crippen molar-refractivity contribution in [3.8, 4) is 5.75 Å². The topological polar surface area (TPSA) is 105 Å². The van der Waals surface area contributed by atoms with Gasteiger partial charge in [-0.15, -0.1) is 0 Å². The molecule has 1 fully saturated rings. The molecule has 152 valence electrons. The van der Waals surface area contributed by atoms with Crippen LogP contribution in [0.2, 0.25) is 0 Å². The highest BCUT2D eigenvalue weighted by atomic mass is 16.5. The predicted octanol–water partition coefficient (Wildman–Crippen LogP) is 3.02. The second kappa shape index (κ2) is 9.08. The monoisotopic (exact) mass is 388 g/mol. The van der Waals surface area contributed by atoms with E-state index in [2.05, 4.69) is 10.6 Å². The number of ether oxygens (including phenoxy) is 1. The zero-order valence-electron chi connectivity index (χ0n) is 16.1. The Morgan fingerprint density at radius 1 is 1.14 bits per heavy atom. The number of carbonyl (C=O) groups is 3. The van der Waals surface area contributed by atoms with Gasteiger partial charge in [-0.25, -0.2) is 4.79 Å². The second-order valence-corrected chi connectivity index (χ2v) is 7.67. The molecule has 1 saturated carbocycles. The summed E-state index contributed by atoms with van der Waals surface area (Å²) in [5.74, 6) is -0.428. The summed E-state index contributed by atoms with van der Waals surface area (Å²) in [4.78, 5) is 35.4. The molecule has 1 aromatic carbocycles. The molecule has 0 spiro atoms. The smallest absolute Gasteiger partial charge is 0.329 e. The van der Waals surface area contributed by atoms with Gasteiger partial charge in [0.05, 0.1) is 6.61 Å². The fourth-order valence-electron chi connectivity index (χ4n) is 3.93. The molecule has 2 aliphatic rings. The quantitative estimate of drug-likeness (QED) is 0.492. The number of carboxylic acid groups (broad SMARTS) is 1. The third kappa shape index (κ3) is 5.03. The summed E-state index contributed by atoms with van der Waals surface area (Å²) in [6.45, 7) is 0.374. The van der Waals surface area contributed by atoms with Crippen LogP contribution in [0.3, 0.4) is 0 Å². The third-order valence-electron chi connectivity index (χ3n) is 5.53. The normalized spacial score (nSPS) is 18.4. The minimum atomic E-state index is -1.11. The van der Waals surface area contributed by atoms with Crippen molar-refractivity contribution in [2.45, 2.75) is 69.7 Å². The van der Waals surface area contributed by atoms with Gasteiger partial charge in [-0.2, -0.15) is 0 Å². The minimum Gasteiger partial charge on any atom is -0.494 e. The number of aliphatic carboxylic acids is 1. The Labute approximate surface area is 164 Å². The molecule has 28 heavy (non-hydrogen) atoms. The Balaban J connectivity index is 1.45. The Morgan fingerprint density at radius 2 is 1.89 bits per heavy atom. The molecule has 7 nitrogen and oxygen atoms in total. The molecule has 1 aliphatic heterocycles. The molecule has 7 heteroatoms. The van der Waals surface area contributed by atoms with Gasteiger partial charge in [0.15, 0.2) is 0 Å². The lowest BCUT2D eigenvalue weighted by Gasteiger charge is -2.29. The number of fused-ring (bicyclic) bond motifs is 1. The van der Waals surface area contributed by atoms with Crippen LogP contribution < -0.4 is 15.4 Å². The van der Waals surface area contributed by atoms with Crippen molar-refractivity contribution in [3.05, 3.63) is 23.8 Å². The van der Waals surface area contributed by atoms with Gasteiger partial charge >= 0.3 is 5.97 Å². The van der Waals surface area contributed by atoms with Crippen LogP contribution in [0.5, 0.6) is 5.75 Å². The van der Waals surface area contributed by atoms with E-state index in [0.717, 1.165) is 36.9 Å². The number of benzene rings is 1. The number of carbonyl (C=O) groups excluding carboxylic acids is 2. The lowest BCUT2D eigenvalue weighted by Crippen LogP contribution is -2.54. The fraction of sp³-hybridized carbons (Fsp3) is 0.571. The van der Waals surface area contributed by atoms with Gasteiger partial charge in [0.2, 0.25) is 11.8 Å². The van der Waals surface area contributed by atoms with Crippen molar-refractivity contribution in [1.82, 2.24) is 5.32 Å². The highest BCUT2D eigenvalue weighted by molar-refractivity contribution is 5.94. The van der Waals surface area contributed by atoms with Gasteiger partial charge in [0.1, 0.15) is 11.3 Å². The molecule has 0 bridgehead atoms. The number of hydrogen-bond donors (Lipinski definition) is 3. The molecule has 0 radical (unpaired) electrons. The van der Waals surface area contributed by atoms with E-state index in [1.165, 1.54) is 0 Å². The highest BCUT2D eigenvalue weighted by Gasteiger charge is 2.39. The first-order valence-corrected chi connectivity index (χ1v) is 10.1. The zero-order chi connectivity index (χ0) is 20.0. The van der Waals surface area contributed by atoms with Crippen molar-refractivity contribution in [1.29, 1.82) is 0 Å². The number of anilines is 1. The number of carboxylic acids is 1. The molecule has 0 aromatic heterocycles. The van der Waals surface area contributed by atoms with E-state index in [9.17, 15) is 19.5 Å². The fourth-order valence-corrected chi connectivity index (χ4v) is 3.93. The lowest BCUT2D eigenvalue weighted by atomic mass is 9.90. The molecule has 3 N–H and O–H groups in total. The number of rotatable bonds is 7. The summed E-state index contributed by atoms with van der Waals surface area (Å²) in [5.41, 5.74) is 0.758. The van der Waals surface area contributed by atoms with Crippen molar-refractivity contribution in [3.63, 3.8) is 0 Å². The molecular weight excluding hydrogens is 360 g/mol. The maximum absolute atomic E-state index is 12.3. The van der Waals surface area contributed by atoms with E-state index in [1.54, 1.807) is 6.07 Å². The van der Waals surface area contributed by atoms with Crippen LogP contribution in [-0.4, -0.2) is 35.0 Å². The Kier molecular flexibility index (Phi) is 6.54. The number of nitrogens with one attached hydrogen (secondary N) is 2. The van der Waals surface area contributed by atoms with Crippen molar-refractivity contribution < 1.29 is 24.2 Å². The summed E-state index contributed by atoms with van der Waals surface area (Å²) in [7, 11) is 0. The third-order valence-corrected chi connectivity index (χ3v) is 5.53. The standard InChI is InChI=1S/C21H28N2O5/c24-18-10-7-15-14-16(8-9-17(15)22-18)28-13-5-6-19(25)23-21(20(26)27)11-3-1-2-4-12-21/h8-9,14H,1-7,10-13H2,(H,22,24)(H,23,25)(H,26,27). The van der Waals surface area contributed by atoms with Crippen LogP contribution in [0.4, 0.5) is 5.69 Å². The maximum Gasteiger partial charge on any atom is 0.329 e. The van der Waals surface area contributed by atoms with E-state index in [1.807, 2.05) is 12.1 Å². The van der Waals surface area contributed by atoms with Crippen LogP contribution in [0.15, 0.2) is 18.2 Å². The van der Waals surface area contributed by atoms with E-state index in [4.69, 9.17) is 4.74 Å². The average molecular weight is 388 g/mol. The van der Waals surface area contributed by atoms with Gasteiger partial charge < -0.3 is 20.5 Å². The van der Waals surface area contributed by atoms with Gasteiger partial charge in [-0.05, 0) is 49.4 Å². The molecule has 1 heterocycles. The van der Waals surface area contributed by atoms with Gasteiger partial charge in [0, 0.05) is 18.5 Å². The van der Waals surface area contributed by atoms with Crippen LogP contribution >= 0.6 is 0 Å². The predicted molar refractivity (Wildman–Crippen MR) is 104 cm³/mol. The molecule has 1 aromatic rings. The van der Waals surface area contributed by atoms with Gasteiger partial charge in [-0.3, -0.25) is 9.59 Å². The highest BCUT2D eigenvalue weighted by Crippen LogP contribution is 2.28. The first kappa shape index (κ1) is 20.2. The maximum atomic E-state index is 12.3. The van der Waals surface area contributed by atoms with Crippen molar-refractivity contribution in [2.75, 3.05) is 11.9 Å². The molecule has 0 unspecified atom stereocenters. The number of amides is 2. The molecule has 0 atom stereocenters. The molecule has 1 aliphatic carbocycles. The molecule has 3 rings (SSSR count). The molecule has 0 saturated heterocycles.